The van der Waals surface area contributed by atoms with Crippen molar-refractivity contribution in [3.8, 4) is 0 Å². The molecule has 1 amide bonds. The van der Waals surface area contributed by atoms with E-state index in [1.807, 2.05) is 0 Å². The van der Waals surface area contributed by atoms with Gasteiger partial charge >= 0.3 is 5.97 Å². The molecule has 0 aromatic rings. The zero-order chi connectivity index (χ0) is 13.5. The summed E-state index contributed by atoms with van der Waals surface area (Å²) in [7, 11) is 0. The van der Waals surface area contributed by atoms with Crippen LogP contribution in [0.2, 0.25) is 0 Å². The van der Waals surface area contributed by atoms with Crippen LogP contribution >= 0.6 is 0 Å². The summed E-state index contributed by atoms with van der Waals surface area (Å²) in [4.78, 5) is 24.5. The highest BCUT2D eigenvalue weighted by Gasteiger charge is 2.27. The molecule has 1 aliphatic rings. The summed E-state index contributed by atoms with van der Waals surface area (Å²) in [6, 6.07) is 0.437. The molecule has 0 radical (unpaired) electrons. The third-order valence-corrected chi connectivity index (χ3v) is 3.24. The molecule has 18 heavy (non-hydrogen) atoms. The number of carbonyl (C=O) groups excluding carboxylic acids is 1. The molecule has 1 saturated heterocycles. The molecule has 1 rings (SSSR count). The van der Waals surface area contributed by atoms with Crippen LogP contribution in [0.3, 0.4) is 0 Å². The fourth-order valence-corrected chi connectivity index (χ4v) is 2.19. The summed E-state index contributed by atoms with van der Waals surface area (Å²) < 4.78 is 0. The molecule has 5 nitrogen and oxygen atoms in total. The van der Waals surface area contributed by atoms with Gasteiger partial charge in [-0.3, -0.25) is 9.59 Å². The summed E-state index contributed by atoms with van der Waals surface area (Å²) in [5.74, 6) is -1.07. The highest BCUT2D eigenvalue weighted by molar-refractivity contribution is 5.78. The third-order valence-electron chi connectivity index (χ3n) is 3.24. The van der Waals surface area contributed by atoms with Crippen molar-refractivity contribution < 1.29 is 14.7 Å². The lowest BCUT2D eigenvalue weighted by Crippen LogP contribution is -2.42. The van der Waals surface area contributed by atoms with Gasteiger partial charge in [0.15, 0.2) is 0 Å². The summed E-state index contributed by atoms with van der Waals surface area (Å²) >= 11 is 0. The number of carboxylic acid groups (broad SMARTS) is 1. The molecule has 1 atom stereocenters. The van der Waals surface area contributed by atoms with Crippen molar-refractivity contribution in [2.45, 2.75) is 45.6 Å². The topological polar surface area (TPSA) is 69.6 Å². The Balaban J connectivity index is 2.26. The monoisotopic (exact) mass is 256 g/mol. The van der Waals surface area contributed by atoms with Gasteiger partial charge in [-0.05, 0) is 25.8 Å². The second kappa shape index (κ2) is 7.36. The number of likely N-dealkylation sites (tertiary alicyclic amines) is 1. The highest BCUT2D eigenvalue weighted by Crippen LogP contribution is 2.17. The van der Waals surface area contributed by atoms with Gasteiger partial charge in [0.25, 0.3) is 0 Å². The summed E-state index contributed by atoms with van der Waals surface area (Å²) in [5.41, 5.74) is 0. The maximum Gasteiger partial charge on any atom is 0.308 e. The average molecular weight is 256 g/mol. The van der Waals surface area contributed by atoms with E-state index >= 15 is 0 Å². The quantitative estimate of drug-likeness (QED) is 0.698. The van der Waals surface area contributed by atoms with Gasteiger partial charge in [0.2, 0.25) is 5.91 Å². The molecule has 0 aromatic carbocycles. The van der Waals surface area contributed by atoms with Gasteiger partial charge in [0, 0.05) is 25.6 Å². The van der Waals surface area contributed by atoms with Crippen LogP contribution in [-0.4, -0.2) is 47.6 Å². The largest absolute Gasteiger partial charge is 0.481 e. The Labute approximate surface area is 109 Å². The lowest BCUT2D eigenvalue weighted by Gasteiger charge is -2.30. The van der Waals surface area contributed by atoms with E-state index in [1.54, 1.807) is 4.90 Å². The third kappa shape index (κ3) is 5.04. The van der Waals surface area contributed by atoms with Gasteiger partial charge in [-0.15, -0.1) is 0 Å². The number of carbonyl (C=O) groups is 2. The molecule has 1 aliphatic heterocycles. The Morgan fingerprint density at radius 3 is 2.78 bits per heavy atom. The molecule has 0 saturated carbocycles. The van der Waals surface area contributed by atoms with E-state index in [0.717, 1.165) is 19.4 Å². The van der Waals surface area contributed by atoms with Gasteiger partial charge in [-0.1, -0.05) is 13.8 Å². The minimum Gasteiger partial charge on any atom is -0.481 e. The van der Waals surface area contributed by atoms with E-state index in [-0.39, 0.29) is 11.8 Å². The van der Waals surface area contributed by atoms with Crippen LogP contribution < -0.4 is 5.32 Å². The number of nitrogens with one attached hydrogen (secondary N) is 1. The van der Waals surface area contributed by atoms with E-state index in [0.29, 0.717) is 32.0 Å². The SMILES string of the molecule is CC(C)NCCCC(=O)N1CCCC(C(=O)O)C1. The molecule has 1 unspecified atom stereocenters. The number of hydrogen-bond acceptors (Lipinski definition) is 3. The average Bonchev–Trinajstić information content (AvgIpc) is 2.34. The molecule has 5 heteroatoms. The van der Waals surface area contributed by atoms with Crippen molar-refractivity contribution in [2.75, 3.05) is 19.6 Å². The van der Waals surface area contributed by atoms with Crippen molar-refractivity contribution in [2.24, 2.45) is 5.92 Å². The number of nitrogens with zero attached hydrogens (tertiary/aromatic N) is 1. The number of aliphatic carboxylic acids is 1. The zero-order valence-corrected chi connectivity index (χ0v) is 11.3. The summed E-state index contributed by atoms with van der Waals surface area (Å²) in [6.45, 7) is 6.07. The van der Waals surface area contributed by atoms with Crippen molar-refractivity contribution in [1.82, 2.24) is 10.2 Å². The van der Waals surface area contributed by atoms with Crippen LogP contribution in [-0.2, 0) is 9.59 Å². The minimum absolute atomic E-state index is 0.0894. The first kappa shape index (κ1) is 15.0. The molecule has 0 aliphatic carbocycles. The Morgan fingerprint density at radius 1 is 1.44 bits per heavy atom. The maximum atomic E-state index is 11.9. The first-order valence-corrected chi connectivity index (χ1v) is 6.74. The van der Waals surface area contributed by atoms with Crippen molar-refractivity contribution in [3.63, 3.8) is 0 Å². The molecule has 0 aromatic heterocycles. The predicted molar refractivity (Wildman–Crippen MR) is 69.3 cm³/mol. The van der Waals surface area contributed by atoms with Gasteiger partial charge in [0.1, 0.15) is 0 Å². The molecular formula is C13H24N2O3. The Kier molecular flexibility index (Phi) is 6.12. The van der Waals surface area contributed by atoms with Crippen LogP contribution in [0.25, 0.3) is 0 Å². The van der Waals surface area contributed by atoms with Crippen LogP contribution in [0.1, 0.15) is 39.5 Å². The van der Waals surface area contributed by atoms with Crippen molar-refractivity contribution in [1.29, 1.82) is 0 Å². The van der Waals surface area contributed by atoms with Gasteiger partial charge in [-0.25, -0.2) is 0 Å². The number of amides is 1. The predicted octanol–water partition coefficient (Wildman–Crippen LogP) is 1.09. The molecule has 0 spiro atoms. The Bertz CT molecular complexity index is 292. The number of rotatable bonds is 6. The molecule has 1 heterocycles. The van der Waals surface area contributed by atoms with E-state index < -0.39 is 5.97 Å². The zero-order valence-electron chi connectivity index (χ0n) is 11.3. The van der Waals surface area contributed by atoms with Gasteiger partial charge in [0.05, 0.1) is 5.92 Å². The van der Waals surface area contributed by atoms with Gasteiger partial charge in [-0.2, -0.15) is 0 Å². The molecule has 2 N–H and O–H groups in total. The normalized spacial score (nSPS) is 20.2. The van der Waals surface area contributed by atoms with Crippen LogP contribution in [0, 0.1) is 5.92 Å². The van der Waals surface area contributed by atoms with E-state index in [2.05, 4.69) is 19.2 Å². The van der Waals surface area contributed by atoms with Crippen LogP contribution in [0.4, 0.5) is 0 Å². The number of hydrogen-bond donors (Lipinski definition) is 2. The minimum atomic E-state index is -0.783. The molecule has 0 bridgehead atoms. The second-order valence-corrected chi connectivity index (χ2v) is 5.23. The lowest BCUT2D eigenvalue weighted by molar-refractivity contribution is -0.145. The van der Waals surface area contributed by atoms with E-state index in [9.17, 15) is 9.59 Å². The maximum absolute atomic E-state index is 11.9. The van der Waals surface area contributed by atoms with Crippen LogP contribution in [0.15, 0.2) is 0 Å². The highest BCUT2D eigenvalue weighted by atomic mass is 16.4. The summed E-state index contributed by atoms with van der Waals surface area (Å²) in [5, 5.41) is 12.2. The van der Waals surface area contributed by atoms with Crippen molar-refractivity contribution >= 4 is 11.9 Å². The first-order valence-electron chi connectivity index (χ1n) is 6.74. The molecular weight excluding hydrogens is 232 g/mol. The van der Waals surface area contributed by atoms with Gasteiger partial charge < -0.3 is 15.3 Å². The Morgan fingerprint density at radius 2 is 2.17 bits per heavy atom. The second-order valence-electron chi connectivity index (χ2n) is 5.23. The molecule has 104 valence electrons. The first-order chi connectivity index (χ1) is 8.50. The Hall–Kier alpha value is -1.10. The van der Waals surface area contributed by atoms with Crippen molar-refractivity contribution in [3.05, 3.63) is 0 Å². The van der Waals surface area contributed by atoms with E-state index in [4.69, 9.17) is 5.11 Å². The summed E-state index contributed by atoms with van der Waals surface area (Å²) in [6.07, 6.45) is 2.80. The standard InChI is InChI=1S/C13H24N2O3/c1-10(2)14-7-3-6-12(16)15-8-4-5-11(9-15)13(17)18/h10-11,14H,3-9H2,1-2H3,(H,17,18). The fourth-order valence-electron chi connectivity index (χ4n) is 2.19. The fraction of sp³-hybridized carbons (Fsp3) is 0.846. The number of carboxylic acids is 1. The smallest absolute Gasteiger partial charge is 0.308 e. The van der Waals surface area contributed by atoms with Crippen LogP contribution in [0.5, 0.6) is 0 Å². The molecule has 1 fully saturated rings. The lowest BCUT2D eigenvalue weighted by atomic mass is 9.98. The number of piperidine rings is 1. The van der Waals surface area contributed by atoms with E-state index in [1.165, 1.54) is 0 Å².